The van der Waals surface area contributed by atoms with Crippen molar-refractivity contribution in [2.45, 2.75) is 6.42 Å². The van der Waals surface area contributed by atoms with Crippen LogP contribution in [0, 0.1) is 0 Å². The lowest BCUT2D eigenvalue weighted by molar-refractivity contribution is -0.120. The van der Waals surface area contributed by atoms with Crippen molar-refractivity contribution in [1.82, 2.24) is 14.8 Å². The number of amides is 1. The monoisotopic (exact) mass is 342 g/mol. The Kier molecular flexibility index (Phi) is 3.87. The Labute approximate surface area is 141 Å². The largest absolute Gasteiger partial charge is 0.486 e. The Morgan fingerprint density at radius 2 is 2.25 bits per heavy atom. The fourth-order valence-electron chi connectivity index (χ4n) is 2.38. The van der Waals surface area contributed by atoms with Crippen LogP contribution in [0.15, 0.2) is 41.1 Å². The van der Waals surface area contributed by atoms with Crippen LogP contribution in [0.25, 0.3) is 4.96 Å². The minimum atomic E-state index is -0.213. The van der Waals surface area contributed by atoms with Gasteiger partial charge in [-0.2, -0.15) is 5.10 Å². The zero-order valence-corrected chi connectivity index (χ0v) is 13.5. The number of rotatable bonds is 4. The third kappa shape index (κ3) is 3.09. The van der Waals surface area contributed by atoms with Gasteiger partial charge in [0, 0.05) is 17.8 Å². The van der Waals surface area contributed by atoms with Gasteiger partial charge in [0.2, 0.25) is 5.91 Å². The second-order valence-electron chi connectivity index (χ2n) is 5.20. The number of hydrogen-bond acceptors (Lipinski definition) is 6. The number of fused-ring (bicyclic) bond motifs is 2. The fourth-order valence-corrected chi connectivity index (χ4v) is 3.10. The van der Waals surface area contributed by atoms with E-state index in [1.54, 1.807) is 6.21 Å². The summed E-state index contributed by atoms with van der Waals surface area (Å²) in [5.41, 5.74) is 4.05. The number of carbonyl (C=O) groups excluding carboxylic acids is 1. The highest BCUT2D eigenvalue weighted by Crippen LogP contribution is 2.30. The van der Waals surface area contributed by atoms with Crippen LogP contribution in [0.4, 0.5) is 0 Å². The SMILES string of the molecule is O=C(Cc1cn2ccsc2n1)NN=Cc1ccc2c(c1)OCCO2. The Morgan fingerprint density at radius 3 is 3.12 bits per heavy atom. The first-order valence-electron chi connectivity index (χ1n) is 7.40. The molecule has 3 aromatic rings. The topological polar surface area (TPSA) is 77.2 Å². The number of imidazole rings is 1. The summed E-state index contributed by atoms with van der Waals surface area (Å²) in [5.74, 6) is 1.20. The van der Waals surface area contributed by atoms with Gasteiger partial charge in [-0.05, 0) is 23.8 Å². The van der Waals surface area contributed by atoms with Gasteiger partial charge >= 0.3 is 0 Å². The van der Waals surface area contributed by atoms with Crippen LogP contribution in [-0.4, -0.2) is 34.7 Å². The number of carbonyl (C=O) groups is 1. The molecule has 3 heterocycles. The smallest absolute Gasteiger partial charge is 0.246 e. The van der Waals surface area contributed by atoms with Gasteiger partial charge in [0.25, 0.3) is 0 Å². The number of hydrogen-bond donors (Lipinski definition) is 1. The Balaban J connectivity index is 1.36. The second-order valence-corrected chi connectivity index (χ2v) is 6.07. The van der Waals surface area contributed by atoms with Crippen molar-refractivity contribution in [3.05, 3.63) is 47.2 Å². The first kappa shape index (κ1) is 14.7. The Hall–Kier alpha value is -2.87. The number of nitrogens with one attached hydrogen (secondary N) is 1. The molecule has 24 heavy (non-hydrogen) atoms. The summed E-state index contributed by atoms with van der Waals surface area (Å²) >= 11 is 1.53. The maximum absolute atomic E-state index is 11.9. The predicted molar refractivity (Wildman–Crippen MR) is 89.9 cm³/mol. The quantitative estimate of drug-likeness (QED) is 0.580. The average molecular weight is 342 g/mol. The molecule has 1 aliphatic rings. The molecule has 8 heteroatoms. The summed E-state index contributed by atoms with van der Waals surface area (Å²) in [7, 11) is 0. The van der Waals surface area contributed by atoms with E-state index in [4.69, 9.17) is 9.47 Å². The first-order chi connectivity index (χ1) is 11.8. The van der Waals surface area contributed by atoms with E-state index in [1.165, 1.54) is 11.3 Å². The van der Waals surface area contributed by atoms with Crippen LogP contribution in [0.5, 0.6) is 11.5 Å². The summed E-state index contributed by atoms with van der Waals surface area (Å²) in [6, 6.07) is 5.51. The zero-order valence-electron chi connectivity index (χ0n) is 12.6. The first-order valence-corrected chi connectivity index (χ1v) is 8.28. The van der Waals surface area contributed by atoms with E-state index in [0.717, 1.165) is 16.3 Å². The van der Waals surface area contributed by atoms with Crippen LogP contribution < -0.4 is 14.9 Å². The van der Waals surface area contributed by atoms with Crippen LogP contribution in [0.2, 0.25) is 0 Å². The van der Waals surface area contributed by atoms with Gasteiger partial charge in [-0.25, -0.2) is 10.4 Å². The molecule has 7 nitrogen and oxygen atoms in total. The number of benzene rings is 1. The normalized spacial score (nSPS) is 13.5. The highest BCUT2D eigenvalue weighted by atomic mass is 32.1. The third-order valence-corrected chi connectivity index (χ3v) is 4.22. The van der Waals surface area contributed by atoms with Crippen LogP contribution >= 0.6 is 11.3 Å². The standard InChI is InChI=1S/C16H14N4O3S/c21-15(8-12-10-20-3-6-24-16(20)18-12)19-17-9-11-1-2-13-14(7-11)23-5-4-22-13/h1-3,6-7,9-10H,4-5,8H2,(H,19,21). The fraction of sp³-hybridized carbons (Fsp3) is 0.188. The molecular weight excluding hydrogens is 328 g/mol. The maximum atomic E-state index is 11.9. The van der Waals surface area contributed by atoms with Gasteiger partial charge in [-0.1, -0.05) is 0 Å². The molecule has 0 radical (unpaired) electrons. The lowest BCUT2D eigenvalue weighted by Crippen LogP contribution is -2.20. The lowest BCUT2D eigenvalue weighted by Gasteiger charge is -2.18. The molecule has 0 spiro atoms. The van der Waals surface area contributed by atoms with E-state index in [9.17, 15) is 4.79 Å². The molecule has 1 aliphatic heterocycles. The molecule has 1 aromatic carbocycles. The van der Waals surface area contributed by atoms with Crippen molar-refractivity contribution < 1.29 is 14.3 Å². The maximum Gasteiger partial charge on any atom is 0.246 e. The van der Waals surface area contributed by atoms with Crippen molar-refractivity contribution in [3.8, 4) is 11.5 Å². The number of nitrogens with zero attached hydrogens (tertiary/aromatic N) is 3. The molecule has 2 aromatic heterocycles. The molecule has 0 saturated heterocycles. The van der Waals surface area contributed by atoms with Crippen molar-refractivity contribution >= 4 is 28.4 Å². The number of ether oxygens (including phenoxy) is 2. The zero-order chi connectivity index (χ0) is 16.4. The third-order valence-electron chi connectivity index (χ3n) is 3.45. The van der Waals surface area contributed by atoms with Crippen LogP contribution in [0.3, 0.4) is 0 Å². The van der Waals surface area contributed by atoms with E-state index >= 15 is 0 Å². The molecule has 0 bridgehead atoms. The van der Waals surface area contributed by atoms with Gasteiger partial charge in [-0.15, -0.1) is 11.3 Å². The van der Waals surface area contributed by atoms with Gasteiger partial charge < -0.3 is 9.47 Å². The van der Waals surface area contributed by atoms with Gasteiger partial charge in [0.15, 0.2) is 16.5 Å². The molecular formula is C16H14N4O3S. The van der Waals surface area contributed by atoms with Crippen LogP contribution in [-0.2, 0) is 11.2 Å². The van der Waals surface area contributed by atoms with Crippen molar-refractivity contribution in [2.75, 3.05) is 13.2 Å². The van der Waals surface area contributed by atoms with E-state index in [0.29, 0.717) is 24.7 Å². The molecule has 0 fully saturated rings. The van der Waals surface area contributed by atoms with Gasteiger partial charge in [0.05, 0.1) is 18.3 Å². The molecule has 0 atom stereocenters. The summed E-state index contributed by atoms with van der Waals surface area (Å²) in [6.07, 6.45) is 5.51. The van der Waals surface area contributed by atoms with E-state index in [-0.39, 0.29) is 12.3 Å². The molecule has 4 rings (SSSR count). The summed E-state index contributed by atoms with van der Waals surface area (Å²) < 4.78 is 12.9. The summed E-state index contributed by atoms with van der Waals surface area (Å²) in [5, 5.41) is 5.92. The van der Waals surface area contributed by atoms with E-state index < -0.39 is 0 Å². The lowest BCUT2D eigenvalue weighted by atomic mass is 10.2. The van der Waals surface area contributed by atoms with Crippen molar-refractivity contribution in [1.29, 1.82) is 0 Å². The molecule has 0 unspecified atom stereocenters. The highest BCUT2D eigenvalue weighted by Gasteiger charge is 2.11. The van der Waals surface area contributed by atoms with Gasteiger partial charge in [0.1, 0.15) is 13.2 Å². The molecule has 122 valence electrons. The molecule has 0 aliphatic carbocycles. The van der Waals surface area contributed by atoms with Crippen molar-refractivity contribution in [3.63, 3.8) is 0 Å². The highest BCUT2D eigenvalue weighted by molar-refractivity contribution is 7.15. The average Bonchev–Trinajstić information content (AvgIpc) is 3.16. The summed E-state index contributed by atoms with van der Waals surface area (Å²) in [4.78, 5) is 17.2. The molecule has 1 N–H and O–H groups in total. The minimum Gasteiger partial charge on any atom is -0.486 e. The number of thiazole rings is 1. The number of hydrazone groups is 1. The Bertz CT molecular complexity index is 887. The molecule has 1 amide bonds. The van der Waals surface area contributed by atoms with E-state index in [1.807, 2.05) is 40.4 Å². The Morgan fingerprint density at radius 1 is 1.38 bits per heavy atom. The van der Waals surface area contributed by atoms with Crippen LogP contribution in [0.1, 0.15) is 11.3 Å². The second kappa shape index (κ2) is 6.32. The van der Waals surface area contributed by atoms with E-state index in [2.05, 4.69) is 15.5 Å². The molecule has 0 saturated carbocycles. The predicted octanol–water partition coefficient (Wildman–Crippen LogP) is 1.86. The number of aromatic nitrogens is 2. The minimum absolute atomic E-state index is 0.187. The van der Waals surface area contributed by atoms with Crippen molar-refractivity contribution in [2.24, 2.45) is 5.10 Å². The van der Waals surface area contributed by atoms with Gasteiger partial charge in [-0.3, -0.25) is 9.20 Å². The summed E-state index contributed by atoms with van der Waals surface area (Å²) in [6.45, 7) is 1.09.